The molecule has 0 unspecified atom stereocenters. The summed E-state index contributed by atoms with van der Waals surface area (Å²) in [4.78, 5) is 19.1. The molecule has 11 heavy (non-hydrogen) atoms. The van der Waals surface area contributed by atoms with Gasteiger partial charge in [0.15, 0.2) is 0 Å². The molecule has 0 aliphatic carbocycles. The third-order valence-electron chi connectivity index (χ3n) is 0.567. The molecule has 6 heteroatoms. The Balaban J connectivity index is 0.000000183. The van der Waals surface area contributed by atoms with Crippen LogP contribution in [0.5, 0.6) is 0 Å². The highest BCUT2D eigenvalue weighted by Crippen LogP contribution is 1.68. The van der Waals surface area contributed by atoms with E-state index in [4.69, 9.17) is 10.1 Å². The maximum absolute atomic E-state index is 9.11. The molecule has 0 aromatic carbocycles. The summed E-state index contributed by atoms with van der Waals surface area (Å²) in [5, 5.41) is 8.17. The summed E-state index contributed by atoms with van der Waals surface area (Å²) in [6.07, 6.45) is 5.83. The summed E-state index contributed by atoms with van der Waals surface area (Å²) >= 11 is 0. The van der Waals surface area contributed by atoms with Crippen LogP contribution in [0.1, 0.15) is 0 Å². The van der Waals surface area contributed by atoms with E-state index in [1.54, 1.807) is 18.7 Å². The van der Waals surface area contributed by atoms with Gasteiger partial charge in [0.1, 0.15) is 0 Å². The Hall–Kier alpha value is -1.85. The Kier molecular flexibility index (Phi) is 5.22. The van der Waals surface area contributed by atoms with E-state index in [0.29, 0.717) is 0 Å². The summed E-state index contributed by atoms with van der Waals surface area (Å²) in [6, 6.07) is 0. The molecule has 0 saturated carbocycles. The second kappa shape index (κ2) is 6.27. The number of H-pyrrole nitrogens is 1. The molecule has 6 nitrogen and oxygen atoms in total. The molecule has 0 radical (unpaired) electrons. The van der Waals surface area contributed by atoms with E-state index in [-0.39, 0.29) is 0 Å². The van der Waals surface area contributed by atoms with Crippen molar-refractivity contribution < 1.29 is 9.92 Å². The van der Waals surface area contributed by atoms with Crippen LogP contribution >= 0.6 is 0 Å². The van der Waals surface area contributed by atoms with Crippen molar-refractivity contribution in [3.63, 3.8) is 0 Å². The van der Waals surface area contributed by atoms with E-state index in [9.17, 15) is 0 Å². The van der Waals surface area contributed by atoms with E-state index in [2.05, 4.69) is 21.4 Å². The van der Waals surface area contributed by atoms with Crippen LogP contribution in [0.3, 0.4) is 0 Å². The zero-order chi connectivity index (χ0) is 8.53. The average molecular weight is 157 g/mol. The van der Waals surface area contributed by atoms with Crippen molar-refractivity contribution in [3.05, 3.63) is 41.7 Å². The highest BCUT2D eigenvalue weighted by Gasteiger charge is 1.80. The van der Waals surface area contributed by atoms with Crippen molar-refractivity contribution in [3.8, 4) is 0 Å². The molecule has 1 aromatic rings. The molecule has 1 rings (SSSR count). The molecule has 0 amide bonds. The summed E-state index contributed by atoms with van der Waals surface area (Å²) in [6.45, 7) is 2.94. The Labute approximate surface area is 62.6 Å². The van der Waals surface area contributed by atoms with Gasteiger partial charge in [0.2, 0.25) is 0 Å². The fraction of sp³-hybridized carbons (Fsp3) is 0. The lowest BCUT2D eigenvalue weighted by Gasteiger charge is -1.77. The second-order valence-corrected chi connectivity index (χ2v) is 1.26. The Morgan fingerprint density at radius 2 is 2.55 bits per heavy atom. The van der Waals surface area contributed by atoms with Crippen LogP contribution in [-0.4, -0.2) is 15.1 Å². The fourth-order valence-electron chi connectivity index (χ4n) is 0.276. The molecule has 0 aliphatic rings. The first kappa shape index (κ1) is 9.15. The second-order valence-electron chi connectivity index (χ2n) is 1.26. The van der Waals surface area contributed by atoms with Crippen molar-refractivity contribution in [2.75, 3.05) is 0 Å². The van der Waals surface area contributed by atoms with Crippen LogP contribution in [0.25, 0.3) is 0 Å². The Bertz CT molecular complexity index is 180. The number of nitrogens with one attached hydrogen (secondary N) is 1. The fourth-order valence-corrected chi connectivity index (χ4v) is 0.276. The predicted molar refractivity (Wildman–Crippen MR) is 36.9 cm³/mol. The largest absolute Gasteiger partial charge is 0.351 e. The molecular weight excluding hydrogens is 150 g/mol. The van der Waals surface area contributed by atoms with Crippen molar-refractivity contribution >= 4 is 0 Å². The number of nitrogens with zero attached hydrogens (tertiary/aromatic N) is 2. The number of rotatable bonds is 2. The van der Waals surface area contributed by atoms with Gasteiger partial charge in [-0.25, -0.2) is 4.98 Å². The number of aromatic nitrogens is 2. The maximum atomic E-state index is 9.11. The number of aromatic amines is 1. The van der Waals surface area contributed by atoms with Crippen LogP contribution in [0.2, 0.25) is 0 Å². The Morgan fingerprint density at radius 1 is 1.82 bits per heavy atom. The first-order chi connectivity index (χ1) is 5.27. The van der Waals surface area contributed by atoms with E-state index in [1.807, 2.05) is 0 Å². The third kappa shape index (κ3) is 8.15. The smallest absolute Gasteiger partial charge is 0.299 e. The lowest BCUT2D eigenvalue weighted by Crippen LogP contribution is -1.90. The average Bonchev–Trinajstić information content (AvgIpc) is 2.41. The van der Waals surface area contributed by atoms with Gasteiger partial charge in [0, 0.05) is 12.4 Å². The molecule has 0 atom stereocenters. The predicted octanol–water partition coefficient (Wildman–Crippen LogP) is 0.748. The number of hydrogen-bond donors (Lipinski definition) is 1. The minimum Gasteiger partial charge on any atom is -0.351 e. The lowest BCUT2D eigenvalue weighted by atomic mass is 11.0. The summed E-state index contributed by atoms with van der Waals surface area (Å²) in [5.74, 6) is 0. The standard InChI is InChI=1S/C3H4N2.C2H3NO3/c1-2-5-3-4-1;1-2-6-3(4)5/h1-3H,(H,4,5);2H,1H2. The molecule has 0 fully saturated rings. The van der Waals surface area contributed by atoms with Crippen molar-refractivity contribution in [1.29, 1.82) is 0 Å². The minimum atomic E-state index is -0.938. The first-order valence-electron chi connectivity index (χ1n) is 2.62. The SMILES string of the molecule is C=CO[N+](=O)[O-].c1c[nH]cn1. The van der Waals surface area contributed by atoms with E-state index in [0.717, 1.165) is 6.26 Å². The van der Waals surface area contributed by atoms with Gasteiger partial charge in [-0.1, -0.05) is 6.58 Å². The molecule has 0 bridgehead atoms. The minimum absolute atomic E-state index is 0.750. The van der Waals surface area contributed by atoms with Gasteiger partial charge in [-0.15, -0.1) is 10.1 Å². The zero-order valence-corrected chi connectivity index (χ0v) is 5.64. The van der Waals surface area contributed by atoms with Gasteiger partial charge < -0.3 is 4.98 Å². The normalized spacial score (nSPS) is 7.27. The van der Waals surface area contributed by atoms with Crippen LogP contribution in [0.15, 0.2) is 31.6 Å². The monoisotopic (exact) mass is 157 g/mol. The van der Waals surface area contributed by atoms with Crippen LogP contribution in [0.4, 0.5) is 0 Å². The molecule has 0 saturated heterocycles. The van der Waals surface area contributed by atoms with E-state index in [1.165, 1.54) is 0 Å². The van der Waals surface area contributed by atoms with Gasteiger partial charge in [-0.2, -0.15) is 0 Å². The van der Waals surface area contributed by atoms with Crippen LogP contribution < -0.4 is 0 Å². The first-order valence-corrected chi connectivity index (χ1v) is 2.62. The van der Waals surface area contributed by atoms with Crippen molar-refractivity contribution in [2.24, 2.45) is 0 Å². The summed E-state index contributed by atoms with van der Waals surface area (Å²) < 4.78 is 0. The topological polar surface area (TPSA) is 81.0 Å². The van der Waals surface area contributed by atoms with Gasteiger partial charge in [-0.05, 0) is 0 Å². The number of imidazole rings is 1. The summed E-state index contributed by atoms with van der Waals surface area (Å²) in [5.41, 5.74) is 0. The van der Waals surface area contributed by atoms with Crippen LogP contribution in [-0.2, 0) is 4.84 Å². The van der Waals surface area contributed by atoms with Gasteiger partial charge in [0.25, 0.3) is 5.09 Å². The lowest BCUT2D eigenvalue weighted by molar-refractivity contribution is -0.737. The molecule has 1 heterocycles. The van der Waals surface area contributed by atoms with Gasteiger partial charge in [0.05, 0.1) is 12.6 Å². The van der Waals surface area contributed by atoms with Crippen molar-refractivity contribution in [2.45, 2.75) is 0 Å². The molecule has 0 spiro atoms. The maximum Gasteiger partial charge on any atom is 0.299 e. The number of hydrogen-bond acceptors (Lipinski definition) is 4. The highest BCUT2D eigenvalue weighted by molar-refractivity contribution is 4.64. The van der Waals surface area contributed by atoms with Crippen LogP contribution in [0, 0.1) is 10.1 Å². The van der Waals surface area contributed by atoms with Gasteiger partial charge >= 0.3 is 0 Å². The molecule has 0 aliphatic heterocycles. The molecular formula is C5H7N3O3. The van der Waals surface area contributed by atoms with E-state index >= 15 is 0 Å². The molecule has 1 aromatic heterocycles. The zero-order valence-electron chi connectivity index (χ0n) is 5.64. The third-order valence-corrected chi connectivity index (χ3v) is 0.567. The van der Waals surface area contributed by atoms with Crippen molar-refractivity contribution in [1.82, 2.24) is 9.97 Å². The molecule has 60 valence electrons. The highest BCUT2D eigenvalue weighted by atomic mass is 16.9. The Morgan fingerprint density at radius 3 is 2.64 bits per heavy atom. The molecule has 1 N–H and O–H groups in total. The van der Waals surface area contributed by atoms with E-state index < -0.39 is 5.09 Å². The summed E-state index contributed by atoms with van der Waals surface area (Å²) in [7, 11) is 0. The van der Waals surface area contributed by atoms with Gasteiger partial charge in [-0.3, -0.25) is 4.84 Å². The quantitative estimate of drug-likeness (QED) is 0.390.